The van der Waals surface area contributed by atoms with Crippen molar-refractivity contribution in [2.75, 3.05) is 0 Å². The molecule has 0 saturated heterocycles. The van der Waals surface area contributed by atoms with Gasteiger partial charge in [0.2, 0.25) is 0 Å². The average Bonchev–Trinajstić information content (AvgIpc) is 2.34. The quantitative estimate of drug-likeness (QED) is 0.634. The molecule has 1 unspecified atom stereocenters. The summed E-state index contributed by atoms with van der Waals surface area (Å²) >= 11 is 0. The summed E-state index contributed by atoms with van der Waals surface area (Å²) < 4.78 is 0. The second kappa shape index (κ2) is 3.11. The second-order valence-electron chi connectivity index (χ2n) is 4.22. The van der Waals surface area contributed by atoms with Gasteiger partial charge in [0.15, 0.2) is 0 Å². The number of nitrogens with two attached hydrogens (primary N) is 1. The molecule has 11 heavy (non-hydrogen) atoms. The SMILES string of the molecule is CC(C)(O)C(N)C1CCCC1. The Bertz CT molecular complexity index is 122. The molecule has 0 aromatic carbocycles. The van der Waals surface area contributed by atoms with Gasteiger partial charge in [0.1, 0.15) is 0 Å². The van der Waals surface area contributed by atoms with Gasteiger partial charge in [-0.2, -0.15) is 0 Å². The minimum absolute atomic E-state index is 0.0370. The topological polar surface area (TPSA) is 46.2 Å². The standard InChI is InChI=1S/C9H19NO/c1-9(2,11)8(10)7-5-3-4-6-7/h7-8,11H,3-6,10H2,1-2H3. The molecule has 2 heteroatoms. The largest absolute Gasteiger partial charge is 0.389 e. The number of aliphatic hydroxyl groups is 1. The Kier molecular flexibility index (Phi) is 2.55. The molecule has 1 saturated carbocycles. The van der Waals surface area contributed by atoms with Crippen LogP contribution in [-0.4, -0.2) is 16.7 Å². The van der Waals surface area contributed by atoms with Crippen molar-refractivity contribution in [3.05, 3.63) is 0 Å². The summed E-state index contributed by atoms with van der Waals surface area (Å²) in [5, 5.41) is 9.62. The molecule has 0 amide bonds. The Balaban J connectivity index is 2.46. The van der Waals surface area contributed by atoms with Crippen LogP contribution < -0.4 is 5.73 Å². The maximum Gasteiger partial charge on any atom is 0.0744 e. The molecule has 1 atom stereocenters. The van der Waals surface area contributed by atoms with E-state index in [2.05, 4.69) is 0 Å². The predicted octanol–water partition coefficient (Wildman–Crippen LogP) is 1.27. The Morgan fingerprint density at radius 3 is 2.18 bits per heavy atom. The maximum atomic E-state index is 9.62. The molecule has 0 bridgehead atoms. The first-order valence-corrected chi connectivity index (χ1v) is 4.50. The van der Waals surface area contributed by atoms with Gasteiger partial charge in [-0.05, 0) is 32.6 Å². The van der Waals surface area contributed by atoms with Crippen LogP contribution in [0.1, 0.15) is 39.5 Å². The summed E-state index contributed by atoms with van der Waals surface area (Å²) in [7, 11) is 0. The van der Waals surface area contributed by atoms with Gasteiger partial charge in [-0.25, -0.2) is 0 Å². The first-order chi connectivity index (χ1) is 5.02. The number of hydrogen-bond donors (Lipinski definition) is 2. The minimum atomic E-state index is -0.699. The molecule has 0 radical (unpaired) electrons. The van der Waals surface area contributed by atoms with Crippen molar-refractivity contribution in [1.29, 1.82) is 0 Å². The van der Waals surface area contributed by atoms with E-state index in [1.54, 1.807) is 13.8 Å². The van der Waals surface area contributed by atoms with Crippen molar-refractivity contribution in [2.24, 2.45) is 11.7 Å². The molecule has 0 aromatic heterocycles. The van der Waals surface area contributed by atoms with E-state index in [0.717, 1.165) is 0 Å². The van der Waals surface area contributed by atoms with Gasteiger partial charge < -0.3 is 10.8 Å². The molecule has 0 spiro atoms. The zero-order chi connectivity index (χ0) is 8.48. The van der Waals surface area contributed by atoms with E-state index < -0.39 is 5.60 Å². The smallest absolute Gasteiger partial charge is 0.0744 e. The molecule has 0 heterocycles. The van der Waals surface area contributed by atoms with Crippen molar-refractivity contribution in [2.45, 2.75) is 51.2 Å². The summed E-state index contributed by atoms with van der Waals surface area (Å²) in [6.45, 7) is 3.60. The third-order valence-corrected chi connectivity index (χ3v) is 2.72. The minimum Gasteiger partial charge on any atom is -0.389 e. The highest BCUT2D eigenvalue weighted by molar-refractivity contribution is 4.88. The van der Waals surface area contributed by atoms with Gasteiger partial charge in [0.25, 0.3) is 0 Å². The summed E-state index contributed by atoms with van der Waals surface area (Å²) in [5.74, 6) is 0.551. The van der Waals surface area contributed by atoms with E-state index in [9.17, 15) is 5.11 Å². The van der Waals surface area contributed by atoms with Crippen LogP contribution in [0.2, 0.25) is 0 Å². The molecule has 3 N–H and O–H groups in total. The Hall–Kier alpha value is -0.0800. The Morgan fingerprint density at radius 2 is 1.82 bits per heavy atom. The van der Waals surface area contributed by atoms with E-state index in [-0.39, 0.29) is 6.04 Å². The van der Waals surface area contributed by atoms with Crippen molar-refractivity contribution >= 4 is 0 Å². The third kappa shape index (κ3) is 2.17. The van der Waals surface area contributed by atoms with E-state index in [0.29, 0.717) is 5.92 Å². The van der Waals surface area contributed by atoms with Crippen LogP contribution in [0.3, 0.4) is 0 Å². The van der Waals surface area contributed by atoms with Crippen LogP contribution in [0.4, 0.5) is 0 Å². The monoisotopic (exact) mass is 157 g/mol. The van der Waals surface area contributed by atoms with Crippen LogP contribution >= 0.6 is 0 Å². The molecule has 1 rings (SSSR count). The molecule has 0 aliphatic heterocycles. The first kappa shape index (κ1) is 9.01. The third-order valence-electron chi connectivity index (χ3n) is 2.72. The fraction of sp³-hybridized carbons (Fsp3) is 1.00. The molecular weight excluding hydrogens is 138 g/mol. The summed E-state index contributed by atoms with van der Waals surface area (Å²) in [6.07, 6.45) is 4.97. The van der Waals surface area contributed by atoms with Crippen molar-refractivity contribution in [3.63, 3.8) is 0 Å². The van der Waals surface area contributed by atoms with Gasteiger partial charge in [0.05, 0.1) is 5.60 Å². The van der Waals surface area contributed by atoms with E-state index in [4.69, 9.17) is 5.73 Å². The summed E-state index contributed by atoms with van der Waals surface area (Å²) in [4.78, 5) is 0. The highest BCUT2D eigenvalue weighted by atomic mass is 16.3. The van der Waals surface area contributed by atoms with Gasteiger partial charge in [-0.3, -0.25) is 0 Å². The van der Waals surface area contributed by atoms with Gasteiger partial charge >= 0.3 is 0 Å². The fourth-order valence-electron chi connectivity index (χ4n) is 1.89. The van der Waals surface area contributed by atoms with Crippen LogP contribution in [0.25, 0.3) is 0 Å². The van der Waals surface area contributed by atoms with Crippen molar-refractivity contribution < 1.29 is 5.11 Å². The predicted molar refractivity (Wildman–Crippen MR) is 46.2 cm³/mol. The fourth-order valence-corrected chi connectivity index (χ4v) is 1.89. The molecule has 1 fully saturated rings. The Labute approximate surface area is 68.8 Å². The zero-order valence-corrected chi connectivity index (χ0v) is 7.51. The van der Waals surface area contributed by atoms with E-state index in [1.165, 1.54) is 25.7 Å². The first-order valence-electron chi connectivity index (χ1n) is 4.50. The molecular formula is C9H19NO. The lowest BCUT2D eigenvalue weighted by Crippen LogP contribution is -2.47. The van der Waals surface area contributed by atoms with Gasteiger partial charge in [0, 0.05) is 6.04 Å². The highest BCUT2D eigenvalue weighted by Crippen LogP contribution is 2.30. The lowest BCUT2D eigenvalue weighted by Gasteiger charge is -2.30. The van der Waals surface area contributed by atoms with E-state index in [1.807, 2.05) is 0 Å². The molecule has 1 aliphatic carbocycles. The molecule has 1 aliphatic rings. The van der Waals surface area contributed by atoms with Crippen molar-refractivity contribution in [1.82, 2.24) is 0 Å². The number of hydrogen-bond acceptors (Lipinski definition) is 2. The van der Waals surface area contributed by atoms with Crippen LogP contribution in [-0.2, 0) is 0 Å². The molecule has 0 aromatic rings. The average molecular weight is 157 g/mol. The molecule has 2 nitrogen and oxygen atoms in total. The number of rotatable bonds is 2. The summed E-state index contributed by atoms with van der Waals surface area (Å²) in [6, 6.07) is -0.0370. The van der Waals surface area contributed by atoms with Crippen LogP contribution in [0, 0.1) is 5.92 Å². The summed E-state index contributed by atoms with van der Waals surface area (Å²) in [5.41, 5.74) is 5.21. The maximum absolute atomic E-state index is 9.62. The van der Waals surface area contributed by atoms with Crippen LogP contribution in [0.15, 0.2) is 0 Å². The second-order valence-corrected chi connectivity index (χ2v) is 4.22. The van der Waals surface area contributed by atoms with Gasteiger partial charge in [-0.1, -0.05) is 12.8 Å². The molecule has 66 valence electrons. The highest BCUT2D eigenvalue weighted by Gasteiger charge is 2.32. The normalized spacial score (nSPS) is 24.0. The lowest BCUT2D eigenvalue weighted by molar-refractivity contribution is 0.0312. The van der Waals surface area contributed by atoms with Crippen LogP contribution in [0.5, 0.6) is 0 Å². The Morgan fingerprint density at radius 1 is 1.36 bits per heavy atom. The zero-order valence-electron chi connectivity index (χ0n) is 7.51. The lowest BCUT2D eigenvalue weighted by atomic mass is 9.87. The van der Waals surface area contributed by atoms with Crippen molar-refractivity contribution in [3.8, 4) is 0 Å². The van der Waals surface area contributed by atoms with Gasteiger partial charge in [-0.15, -0.1) is 0 Å². The van der Waals surface area contributed by atoms with E-state index >= 15 is 0 Å².